The molecule has 282 valence electrons. The number of amides is 2. The van der Waals surface area contributed by atoms with Crippen LogP contribution in [-0.2, 0) is 32.2 Å². The summed E-state index contributed by atoms with van der Waals surface area (Å²) >= 11 is 0. The van der Waals surface area contributed by atoms with E-state index in [4.69, 9.17) is 14.7 Å². The molecular weight excluding hydrogens is 674 g/mol. The molecule has 2 amide bonds. The Morgan fingerprint density at radius 3 is 2.21 bits per heavy atom. The van der Waals surface area contributed by atoms with Crippen molar-refractivity contribution in [3.05, 3.63) is 125 Å². The number of hydrogen-bond acceptors (Lipinski definition) is 9. The fraction of sp³-hybridized carbons (Fsp3) is 0.381. The third-order valence-corrected chi connectivity index (χ3v) is 9.49. The number of rotatable bonds is 18. The van der Waals surface area contributed by atoms with Crippen molar-refractivity contribution in [3.63, 3.8) is 0 Å². The summed E-state index contributed by atoms with van der Waals surface area (Å²) < 4.78 is 13.1. The summed E-state index contributed by atoms with van der Waals surface area (Å²) in [6.45, 7) is 1.30. The number of hydroxylamine groups is 1. The molecule has 11 heteroatoms. The highest BCUT2D eigenvalue weighted by Crippen LogP contribution is 2.39. The number of carbonyl (C=O) groups excluding carboxylic acids is 2. The molecule has 11 nitrogen and oxygen atoms in total. The van der Waals surface area contributed by atoms with Gasteiger partial charge < -0.3 is 35.0 Å². The van der Waals surface area contributed by atoms with E-state index < -0.39 is 12.4 Å². The minimum absolute atomic E-state index is 0.0138. The van der Waals surface area contributed by atoms with Gasteiger partial charge in [0.25, 0.3) is 0 Å². The van der Waals surface area contributed by atoms with Crippen molar-refractivity contribution >= 4 is 11.8 Å². The third-order valence-electron chi connectivity index (χ3n) is 9.49. The van der Waals surface area contributed by atoms with E-state index in [1.165, 1.54) is 0 Å². The molecule has 0 aromatic heterocycles. The zero-order valence-corrected chi connectivity index (χ0v) is 30.2. The molecule has 4 aromatic rings. The van der Waals surface area contributed by atoms with Crippen LogP contribution >= 0.6 is 0 Å². The van der Waals surface area contributed by atoms with Crippen LogP contribution in [0.3, 0.4) is 0 Å². The highest BCUT2D eigenvalue weighted by Gasteiger charge is 2.33. The first-order chi connectivity index (χ1) is 25.7. The van der Waals surface area contributed by atoms with Crippen molar-refractivity contribution in [1.82, 2.24) is 15.7 Å². The van der Waals surface area contributed by atoms with Gasteiger partial charge in [-0.3, -0.25) is 14.8 Å². The summed E-state index contributed by atoms with van der Waals surface area (Å²) in [4.78, 5) is 25.5. The van der Waals surface area contributed by atoms with Gasteiger partial charge >= 0.3 is 0 Å². The predicted molar refractivity (Wildman–Crippen MR) is 200 cm³/mol. The van der Waals surface area contributed by atoms with Crippen LogP contribution in [0, 0.1) is 0 Å². The number of hydrogen-bond donors (Lipinski definition) is 6. The predicted octanol–water partition coefficient (Wildman–Crippen LogP) is 6.22. The van der Waals surface area contributed by atoms with Crippen LogP contribution in [0.1, 0.15) is 91.3 Å². The molecule has 5 rings (SSSR count). The van der Waals surface area contributed by atoms with Crippen molar-refractivity contribution < 1.29 is 39.6 Å². The first kappa shape index (κ1) is 39.6. The normalized spacial score (nSPS) is 17.7. The number of unbranched alkanes of at least 4 members (excludes halogenated alkanes) is 3. The van der Waals surface area contributed by atoms with Crippen LogP contribution in [0.15, 0.2) is 97.1 Å². The maximum atomic E-state index is 12.4. The third kappa shape index (κ3) is 12.2. The van der Waals surface area contributed by atoms with Crippen LogP contribution in [0.25, 0.3) is 11.1 Å². The fourth-order valence-corrected chi connectivity index (χ4v) is 6.55. The molecule has 6 N–H and O–H groups in total. The van der Waals surface area contributed by atoms with Crippen molar-refractivity contribution in [3.8, 4) is 16.9 Å². The topological polar surface area (TPSA) is 161 Å². The van der Waals surface area contributed by atoms with Gasteiger partial charge in [0.15, 0.2) is 6.29 Å². The van der Waals surface area contributed by atoms with E-state index in [0.717, 1.165) is 52.6 Å². The molecule has 4 atom stereocenters. The molecule has 1 fully saturated rings. The lowest BCUT2D eigenvalue weighted by molar-refractivity contribution is -0.252. The SMILES string of the molecule is CN(C[C@H]1C[C@@H](c2ccc(CO)cc2)O[C@@H](c2ccc(-c3cccc(CNC(=O)CCCCCCC(=O)NO)c3)cc2)O1)C[C@@H](O)c1cccc(O)c1. The lowest BCUT2D eigenvalue weighted by Crippen LogP contribution is -2.39. The smallest absolute Gasteiger partial charge is 0.243 e. The van der Waals surface area contributed by atoms with Crippen LogP contribution in [-0.4, -0.2) is 63.5 Å². The number of phenolic OH excluding ortho intramolecular Hbond substituents is 1. The second-order valence-corrected chi connectivity index (χ2v) is 13.7. The Morgan fingerprint density at radius 2 is 1.51 bits per heavy atom. The number of carbonyl (C=O) groups is 2. The molecule has 1 saturated heterocycles. The van der Waals surface area contributed by atoms with Crippen LogP contribution in [0.2, 0.25) is 0 Å². The maximum Gasteiger partial charge on any atom is 0.243 e. The van der Waals surface area contributed by atoms with Crippen molar-refractivity contribution in [2.45, 2.75) is 82.7 Å². The van der Waals surface area contributed by atoms with Crippen molar-refractivity contribution in [2.75, 3.05) is 20.1 Å². The van der Waals surface area contributed by atoms with E-state index >= 15 is 0 Å². The molecule has 0 aliphatic carbocycles. The molecule has 0 saturated carbocycles. The molecule has 1 heterocycles. The number of aliphatic hydroxyl groups is 2. The zero-order chi connectivity index (χ0) is 37.6. The Balaban J connectivity index is 1.19. The van der Waals surface area contributed by atoms with Crippen LogP contribution in [0.4, 0.5) is 0 Å². The van der Waals surface area contributed by atoms with E-state index in [1.807, 2.05) is 78.7 Å². The number of benzene rings is 4. The van der Waals surface area contributed by atoms with Gasteiger partial charge in [0.1, 0.15) is 5.75 Å². The Kier molecular flexibility index (Phi) is 14.9. The molecule has 53 heavy (non-hydrogen) atoms. The number of phenols is 1. The highest BCUT2D eigenvalue weighted by atomic mass is 16.7. The minimum Gasteiger partial charge on any atom is -0.508 e. The van der Waals surface area contributed by atoms with Gasteiger partial charge in [-0.2, -0.15) is 0 Å². The minimum atomic E-state index is -0.774. The zero-order valence-electron chi connectivity index (χ0n) is 30.2. The molecule has 1 aliphatic rings. The van der Waals surface area contributed by atoms with Gasteiger partial charge in [-0.1, -0.05) is 91.7 Å². The monoisotopic (exact) mass is 725 g/mol. The average molecular weight is 726 g/mol. The van der Waals surface area contributed by atoms with Gasteiger partial charge in [-0.25, -0.2) is 5.48 Å². The fourth-order valence-electron chi connectivity index (χ4n) is 6.55. The van der Waals surface area contributed by atoms with E-state index in [0.29, 0.717) is 44.5 Å². The maximum absolute atomic E-state index is 12.4. The summed E-state index contributed by atoms with van der Waals surface area (Å²) in [7, 11) is 1.94. The summed E-state index contributed by atoms with van der Waals surface area (Å²) in [6, 6.07) is 30.6. The molecule has 1 aliphatic heterocycles. The molecule has 0 bridgehead atoms. The summed E-state index contributed by atoms with van der Waals surface area (Å²) in [5, 5.41) is 41.8. The molecule has 4 aromatic carbocycles. The molecule has 0 unspecified atom stereocenters. The second kappa shape index (κ2) is 20.0. The number of aromatic hydroxyl groups is 1. The molecule has 0 spiro atoms. The summed E-state index contributed by atoms with van der Waals surface area (Å²) in [6.07, 6.45) is 2.54. The van der Waals surface area contributed by atoms with Gasteiger partial charge in [0, 0.05) is 44.5 Å². The number of nitrogens with zero attached hydrogens (tertiary/aromatic N) is 1. The van der Waals surface area contributed by atoms with Gasteiger partial charge in [0.2, 0.25) is 11.8 Å². The lowest BCUT2D eigenvalue weighted by atomic mass is 9.98. The molecular formula is C42H51N3O8. The number of aliphatic hydroxyl groups excluding tert-OH is 2. The van der Waals surface area contributed by atoms with Gasteiger partial charge in [-0.15, -0.1) is 0 Å². The standard InChI is InChI=1S/C42H51N3O8/c1-45(27-38(48)35-10-7-11-36(47)23-35)26-37-24-39(32-16-14-29(28-46)15-17-32)53-42(52-37)33-20-18-31(19-21-33)34-9-6-8-30(22-34)25-43-40(49)12-4-2-3-5-13-41(50)44-51/h6-11,14-23,37-39,42,46-48,51H,2-5,12-13,24-28H2,1H3,(H,43,49)(H,44,50)/t37-,38-,39+,42+/m1/s1. The lowest BCUT2D eigenvalue weighted by Gasteiger charge is -2.38. The summed E-state index contributed by atoms with van der Waals surface area (Å²) in [5.74, 6) is -0.290. The van der Waals surface area contributed by atoms with Crippen molar-refractivity contribution in [2.24, 2.45) is 0 Å². The van der Waals surface area contributed by atoms with E-state index in [-0.39, 0.29) is 42.8 Å². The number of ether oxygens (including phenoxy) is 2. The van der Waals surface area contributed by atoms with Gasteiger partial charge in [0.05, 0.1) is 24.9 Å². The largest absolute Gasteiger partial charge is 0.508 e. The van der Waals surface area contributed by atoms with E-state index in [2.05, 4.69) is 11.4 Å². The Hall–Kier alpha value is -4.62. The number of likely N-dealkylation sites (N-methyl/N-ethyl adjacent to an activating group) is 1. The van der Waals surface area contributed by atoms with Crippen LogP contribution in [0.5, 0.6) is 5.75 Å². The first-order valence-corrected chi connectivity index (χ1v) is 18.3. The summed E-state index contributed by atoms with van der Waals surface area (Å²) in [5.41, 5.74) is 8.00. The highest BCUT2D eigenvalue weighted by molar-refractivity contribution is 5.76. The average Bonchev–Trinajstić information content (AvgIpc) is 3.18. The van der Waals surface area contributed by atoms with E-state index in [1.54, 1.807) is 29.7 Å². The second-order valence-electron chi connectivity index (χ2n) is 13.7. The van der Waals surface area contributed by atoms with Gasteiger partial charge in [-0.05, 0) is 71.5 Å². The number of nitrogens with one attached hydrogen (secondary N) is 2. The Morgan fingerprint density at radius 1 is 0.811 bits per heavy atom. The Labute approximate surface area is 311 Å². The molecule has 0 radical (unpaired) electrons. The quantitative estimate of drug-likeness (QED) is 0.0397. The Bertz CT molecular complexity index is 1750. The van der Waals surface area contributed by atoms with E-state index in [9.17, 15) is 24.9 Å². The van der Waals surface area contributed by atoms with Crippen LogP contribution < -0.4 is 10.8 Å². The first-order valence-electron chi connectivity index (χ1n) is 18.3. The van der Waals surface area contributed by atoms with Crippen molar-refractivity contribution in [1.29, 1.82) is 0 Å².